The Morgan fingerprint density at radius 1 is 1.21 bits per heavy atom. The number of carbonyl (C=O) groups excluding carboxylic acids is 1. The van der Waals surface area contributed by atoms with Crippen LogP contribution in [-0.4, -0.2) is 34.1 Å². The third-order valence-electron chi connectivity index (χ3n) is 5.21. The highest BCUT2D eigenvalue weighted by atomic mass is 35.5. The number of hydrogen-bond donors (Lipinski definition) is 1. The molecule has 0 radical (unpaired) electrons. The molecule has 0 atom stereocenters. The van der Waals surface area contributed by atoms with Crippen molar-refractivity contribution < 1.29 is 22.7 Å². The summed E-state index contributed by atoms with van der Waals surface area (Å²) in [6.45, 7) is 7.80. The fourth-order valence-electron chi connectivity index (χ4n) is 3.38. The minimum absolute atomic E-state index is 0.0332. The molecule has 3 rings (SSSR count). The average molecular weight is 489 g/mol. The number of allylic oxidation sites excluding steroid dienone is 8. The normalized spacial score (nSPS) is 18.9. The molecule has 1 fully saturated rings. The van der Waals surface area contributed by atoms with Crippen molar-refractivity contribution in [2.75, 3.05) is 13.2 Å². The summed E-state index contributed by atoms with van der Waals surface area (Å²) in [6.07, 6.45) is 9.35. The van der Waals surface area contributed by atoms with Crippen LogP contribution in [0, 0.1) is 0 Å². The number of carbonyl (C=O) groups is 1. The van der Waals surface area contributed by atoms with Crippen LogP contribution >= 0.6 is 11.6 Å². The molecule has 0 aromatic heterocycles. The van der Waals surface area contributed by atoms with Crippen LogP contribution in [0.2, 0.25) is 0 Å². The van der Waals surface area contributed by atoms with Crippen molar-refractivity contribution in [2.45, 2.75) is 31.0 Å². The van der Waals surface area contributed by atoms with Gasteiger partial charge in [-0.05, 0) is 57.3 Å². The van der Waals surface area contributed by atoms with Gasteiger partial charge in [-0.1, -0.05) is 35.9 Å². The molecule has 1 N–H and O–H groups in total. The highest BCUT2D eigenvalue weighted by Gasteiger charge is 2.33. The molecule has 0 saturated carbocycles. The average Bonchev–Trinajstić information content (AvgIpc) is 3.17. The van der Waals surface area contributed by atoms with Crippen LogP contribution in [-0.2, 0) is 30.1 Å². The molecule has 0 unspecified atom stereocenters. The summed E-state index contributed by atoms with van der Waals surface area (Å²) in [5.74, 6) is -1.25. The molecule has 9 heteroatoms. The van der Waals surface area contributed by atoms with Gasteiger partial charge in [0, 0.05) is 27.9 Å². The summed E-state index contributed by atoms with van der Waals surface area (Å²) in [5.41, 5.74) is 1.46. The molecule has 1 aromatic rings. The van der Waals surface area contributed by atoms with Crippen LogP contribution in [0.15, 0.2) is 92.6 Å². The van der Waals surface area contributed by atoms with Gasteiger partial charge in [-0.15, -0.1) is 0 Å². The quantitative estimate of drug-likeness (QED) is 0.335. The summed E-state index contributed by atoms with van der Waals surface area (Å²) in [7, 11) is -3.99. The summed E-state index contributed by atoms with van der Waals surface area (Å²) in [5, 5.41) is 0.397. The molecule has 1 heterocycles. The lowest BCUT2D eigenvalue weighted by Gasteiger charge is -2.23. The molecule has 1 saturated heterocycles. The number of Topliss-reactive ketones (excluding diaryl/α,β-unsaturated/α-hetero) is 1. The highest BCUT2D eigenvalue weighted by molar-refractivity contribution is 7.89. The van der Waals surface area contributed by atoms with E-state index in [9.17, 15) is 13.2 Å². The van der Waals surface area contributed by atoms with E-state index in [2.05, 4.69) is 16.4 Å². The lowest BCUT2D eigenvalue weighted by molar-refractivity contribution is -0.149. The van der Waals surface area contributed by atoms with Gasteiger partial charge in [0.1, 0.15) is 0 Å². The molecule has 2 aliphatic rings. The lowest BCUT2D eigenvalue weighted by Crippen LogP contribution is -2.26. The first-order chi connectivity index (χ1) is 15.7. The van der Waals surface area contributed by atoms with Crippen molar-refractivity contribution in [3.63, 3.8) is 0 Å². The van der Waals surface area contributed by atoms with E-state index in [1.807, 2.05) is 0 Å². The first-order valence-corrected chi connectivity index (χ1v) is 12.1. The van der Waals surface area contributed by atoms with Crippen molar-refractivity contribution in [3.8, 4) is 0 Å². The van der Waals surface area contributed by atoms with Crippen LogP contribution < -0.4 is 4.72 Å². The van der Waals surface area contributed by atoms with Crippen molar-refractivity contribution in [1.29, 1.82) is 0 Å². The number of ketones is 1. The maximum atomic E-state index is 13.1. The summed E-state index contributed by atoms with van der Waals surface area (Å²) in [4.78, 5) is 16.8. The van der Waals surface area contributed by atoms with E-state index < -0.39 is 15.8 Å². The molecule has 33 heavy (non-hydrogen) atoms. The molecular formula is C24H25ClN2O5S. The Kier molecular flexibility index (Phi) is 7.86. The number of nitrogens with one attached hydrogen (secondary N) is 1. The van der Waals surface area contributed by atoms with Gasteiger partial charge >= 0.3 is 0 Å². The third kappa shape index (κ3) is 5.78. The van der Waals surface area contributed by atoms with Gasteiger partial charge in [-0.3, -0.25) is 14.5 Å². The number of rotatable bonds is 8. The van der Waals surface area contributed by atoms with Crippen LogP contribution in [0.1, 0.15) is 25.8 Å². The van der Waals surface area contributed by atoms with Gasteiger partial charge in [-0.25, -0.2) is 8.42 Å². The first kappa shape index (κ1) is 24.9. The van der Waals surface area contributed by atoms with Crippen LogP contribution in [0.25, 0.3) is 0 Å². The Bertz CT molecular complexity index is 1190. The van der Waals surface area contributed by atoms with E-state index in [1.165, 1.54) is 36.6 Å². The smallest absolute Gasteiger partial charge is 0.261 e. The van der Waals surface area contributed by atoms with E-state index in [0.717, 1.165) is 0 Å². The number of aliphatic imine (C=N–C) groups is 1. The SMILES string of the molecule is C=N/C=C\C(=C/C)C(=O)C1=C(NS(=O)(=O)c2ccc(C3(C)OCCO3)cc2)C=CC(Cl)=CC1. The number of sulfonamides is 1. The lowest BCUT2D eigenvalue weighted by atomic mass is 9.99. The van der Waals surface area contributed by atoms with Crippen molar-refractivity contribution in [2.24, 2.45) is 4.99 Å². The maximum absolute atomic E-state index is 13.1. The van der Waals surface area contributed by atoms with E-state index in [4.69, 9.17) is 21.1 Å². The molecule has 174 valence electrons. The molecule has 1 aliphatic carbocycles. The van der Waals surface area contributed by atoms with E-state index in [0.29, 0.717) is 29.4 Å². The first-order valence-electron chi connectivity index (χ1n) is 10.2. The minimum Gasteiger partial charge on any atom is -0.344 e. The molecule has 1 aromatic carbocycles. The maximum Gasteiger partial charge on any atom is 0.261 e. The monoisotopic (exact) mass is 488 g/mol. The Morgan fingerprint density at radius 3 is 2.48 bits per heavy atom. The summed E-state index contributed by atoms with van der Waals surface area (Å²) < 4.78 is 40.0. The van der Waals surface area contributed by atoms with Crippen molar-refractivity contribution in [3.05, 3.63) is 88.3 Å². The van der Waals surface area contributed by atoms with Gasteiger partial charge in [0.2, 0.25) is 0 Å². The Balaban J connectivity index is 1.94. The number of halogens is 1. The summed E-state index contributed by atoms with van der Waals surface area (Å²) in [6, 6.07) is 6.23. The van der Waals surface area contributed by atoms with Crippen molar-refractivity contribution in [1.82, 2.24) is 4.72 Å². The van der Waals surface area contributed by atoms with E-state index in [1.54, 1.807) is 38.1 Å². The predicted molar refractivity (Wildman–Crippen MR) is 128 cm³/mol. The zero-order valence-electron chi connectivity index (χ0n) is 18.4. The van der Waals surface area contributed by atoms with E-state index >= 15 is 0 Å². The zero-order chi connectivity index (χ0) is 24.1. The third-order valence-corrected chi connectivity index (χ3v) is 6.88. The molecule has 1 aliphatic heterocycles. The summed E-state index contributed by atoms with van der Waals surface area (Å²) >= 11 is 6.12. The second-order valence-corrected chi connectivity index (χ2v) is 9.48. The molecule has 7 nitrogen and oxygen atoms in total. The highest BCUT2D eigenvalue weighted by Crippen LogP contribution is 2.31. The van der Waals surface area contributed by atoms with Crippen molar-refractivity contribution >= 4 is 34.1 Å². The molecular weight excluding hydrogens is 464 g/mol. The Morgan fingerprint density at radius 2 is 1.88 bits per heavy atom. The zero-order valence-corrected chi connectivity index (χ0v) is 19.9. The van der Waals surface area contributed by atoms with Crippen LogP contribution in [0.5, 0.6) is 0 Å². The molecule has 0 amide bonds. The Hall–Kier alpha value is -2.78. The fraction of sp³-hybridized carbons (Fsp3) is 0.250. The van der Waals surface area contributed by atoms with Gasteiger partial charge in [-0.2, -0.15) is 0 Å². The Labute approximate surface area is 198 Å². The largest absolute Gasteiger partial charge is 0.344 e. The fourth-order valence-corrected chi connectivity index (χ4v) is 4.62. The number of nitrogens with zero attached hydrogens (tertiary/aromatic N) is 1. The predicted octanol–water partition coefficient (Wildman–Crippen LogP) is 4.25. The second kappa shape index (κ2) is 10.4. The number of benzene rings is 1. The van der Waals surface area contributed by atoms with Gasteiger partial charge in [0.15, 0.2) is 11.6 Å². The standard InChI is InChI=1S/C24H25ClN2O5S/c1-4-17(13-14-26-3)23(28)21-11-7-19(25)8-12-22(21)27-33(29,30)20-9-5-18(6-10-20)24(2)31-15-16-32-24/h4-10,12-14,27H,3,11,15-16H2,1-2H3/b14-13-,17-4+. The number of hydrogen-bond acceptors (Lipinski definition) is 6. The number of ether oxygens (including phenoxy) is 2. The van der Waals surface area contributed by atoms with Crippen LogP contribution in [0.3, 0.4) is 0 Å². The minimum atomic E-state index is -3.99. The van der Waals surface area contributed by atoms with Gasteiger partial charge in [0.05, 0.1) is 23.8 Å². The molecule has 0 spiro atoms. The van der Waals surface area contributed by atoms with E-state index in [-0.39, 0.29) is 28.4 Å². The molecule has 0 bridgehead atoms. The topological polar surface area (TPSA) is 94.1 Å². The van der Waals surface area contributed by atoms with Gasteiger partial charge < -0.3 is 9.47 Å². The van der Waals surface area contributed by atoms with Crippen LogP contribution in [0.4, 0.5) is 0 Å². The van der Waals surface area contributed by atoms with Gasteiger partial charge in [0.25, 0.3) is 10.0 Å². The second-order valence-electron chi connectivity index (χ2n) is 7.36.